The summed E-state index contributed by atoms with van der Waals surface area (Å²) in [5, 5.41) is 4.11. The van der Waals surface area contributed by atoms with Crippen LogP contribution < -0.4 is 5.32 Å². The molecule has 1 N–H and O–H groups in total. The molecule has 0 amide bonds. The van der Waals surface area contributed by atoms with E-state index >= 15 is 0 Å². The Labute approximate surface area is 173 Å². The predicted molar refractivity (Wildman–Crippen MR) is 121 cm³/mol. The molecular weight excluding hydrogens is 360 g/mol. The van der Waals surface area contributed by atoms with Gasteiger partial charge in [-0.05, 0) is 56.5 Å². The van der Waals surface area contributed by atoms with Crippen molar-refractivity contribution < 1.29 is 9.53 Å². The first kappa shape index (κ1) is 20.9. The van der Waals surface area contributed by atoms with Gasteiger partial charge < -0.3 is 14.6 Å². The molecule has 1 aliphatic rings. The largest absolute Gasteiger partial charge is 0.462 e. The van der Waals surface area contributed by atoms with Gasteiger partial charge in [-0.3, -0.25) is 0 Å². The normalized spacial score (nSPS) is 18.9. The van der Waals surface area contributed by atoms with Crippen molar-refractivity contribution in [2.45, 2.75) is 32.7 Å². The zero-order valence-electron chi connectivity index (χ0n) is 17.6. The van der Waals surface area contributed by atoms with Gasteiger partial charge in [0.05, 0.1) is 12.2 Å². The molecule has 0 saturated heterocycles. The van der Waals surface area contributed by atoms with Crippen LogP contribution in [0, 0.1) is 0 Å². The van der Waals surface area contributed by atoms with Gasteiger partial charge in [0.1, 0.15) is 0 Å². The Balaban J connectivity index is 2.10. The first-order chi connectivity index (χ1) is 14.1. The zero-order valence-corrected chi connectivity index (χ0v) is 17.6. The molecule has 4 heteroatoms. The van der Waals surface area contributed by atoms with Crippen molar-refractivity contribution in [2.24, 2.45) is 7.05 Å². The molecule has 29 heavy (non-hydrogen) atoms. The minimum Gasteiger partial charge on any atom is -0.462 e. The van der Waals surface area contributed by atoms with Crippen LogP contribution in [-0.2, 0) is 18.3 Å². The summed E-state index contributed by atoms with van der Waals surface area (Å²) in [6, 6.07) is 6.39. The topological polar surface area (TPSA) is 43.3 Å². The molecule has 1 heterocycles. The van der Waals surface area contributed by atoms with Crippen LogP contribution in [0.2, 0.25) is 0 Å². The number of aromatic nitrogens is 1. The molecule has 0 atom stereocenters. The molecule has 0 aliphatic heterocycles. The van der Waals surface area contributed by atoms with Gasteiger partial charge in [0.2, 0.25) is 0 Å². The van der Waals surface area contributed by atoms with Crippen molar-refractivity contribution in [3.63, 3.8) is 0 Å². The monoisotopic (exact) mass is 390 g/mol. The molecule has 0 unspecified atom stereocenters. The third kappa shape index (κ3) is 4.60. The number of nitrogens with one attached hydrogen (secondary N) is 1. The van der Waals surface area contributed by atoms with Gasteiger partial charge in [0.25, 0.3) is 0 Å². The van der Waals surface area contributed by atoms with Crippen molar-refractivity contribution in [2.75, 3.05) is 13.7 Å². The fourth-order valence-electron chi connectivity index (χ4n) is 3.80. The molecule has 1 aliphatic carbocycles. The third-order valence-electron chi connectivity index (χ3n) is 5.29. The Morgan fingerprint density at radius 3 is 2.90 bits per heavy atom. The van der Waals surface area contributed by atoms with Crippen LogP contribution in [0.25, 0.3) is 16.5 Å². The number of rotatable bonds is 5. The van der Waals surface area contributed by atoms with Crippen LogP contribution >= 0.6 is 0 Å². The molecule has 0 fully saturated rings. The van der Waals surface area contributed by atoms with Crippen LogP contribution in [0.15, 0.2) is 60.7 Å². The second-order valence-electron chi connectivity index (χ2n) is 7.28. The maximum atomic E-state index is 12.8. The molecule has 4 nitrogen and oxygen atoms in total. The van der Waals surface area contributed by atoms with Crippen LogP contribution in [-0.4, -0.2) is 24.2 Å². The maximum Gasteiger partial charge on any atom is 0.340 e. The summed E-state index contributed by atoms with van der Waals surface area (Å²) in [6.07, 6.45) is 13.4. The molecule has 1 aromatic carbocycles. The molecule has 2 aromatic rings. The van der Waals surface area contributed by atoms with Crippen molar-refractivity contribution >= 4 is 22.4 Å². The van der Waals surface area contributed by atoms with E-state index in [0.29, 0.717) is 18.7 Å². The minimum absolute atomic E-state index is 0.262. The fraction of sp³-hybridized carbons (Fsp3) is 0.320. The Hall–Kier alpha value is -2.85. The van der Waals surface area contributed by atoms with Gasteiger partial charge in [0, 0.05) is 30.2 Å². The summed E-state index contributed by atoms with van der Waals surface area (Å²) >= 11 is 0. The van der Waals surface area contributed by atoms with Gasteiger partial charge >= 0.3 is 5.97 Å². The Kier molecular flexibility index (Phi) is 6.89. The van der Waals surface area contributed by atoms with Gasteiger partial charge in [-0.2, -0.15) is 0 Å². The van der Waals surface area contributed by atoms with E-state index in [1.807, 2.05) is 21.0 Å². The number of ether oxygens (including phenoxy) is 1. The van der Waals surface area contributed by atoms with Gasteiger partial charge in [-0.15, -0.1) is 0 Å². The Bertz CT molecular complexity index is 1010. The number of carbonyl (C=O) groups excluding carboxylic acids is 1. The lowest BCUT2D eigenvalue weighted by Crippen LogP contribution is -2.14. The van der Waals surface area contributed by atoms with Crippen LogP contribution in [0.4, 0.5) is 0 Å². The van der Waals surface area contributed by atoms with E-state index in [-0.39, 0.29) is 5.97 Å². The van der Waals surface area contributed by atoms with E-state index in [1.165, 1.54) is 5.57 Å². The molecule has 1 aromatic heterocycles. The highest BCUT2D eigenvalue weighted by molar-refractivity contribution is 6.06. The Morgan fingerprint density at radius 2 is 2.14 bits per heavy atom. The number of nitrogens with zero attached hydrogens (tertiary/aromatic N) is 1. The van der Waals surface area contributed by atoms with Crippen LogP contribution in [0.5, 0.6) is 0 Å². The summed E-state index contributed by atoms with van der Waals surface area (Å²) in [5.74, 6) is -0.262. The van der Waals surface area contributed by atoms with Gasteiger partial charge in [-0.25, -0.2) is 4.79 Å². The average Bonchev–Trinajstić information content (AvgIpc) is 2.98. The molecule has 0 radical (unpaired) electrons. The second-order valence-corrected chi connectivity index (χ2v) is 7.28. The molecule has 0 saturated carbocycles. The smallest absolute Gasteiger partial charge is 0.340 e. The lowest BCUT2D eigenvalue weighted by Gasteiger charge is -2.09. The zero-order chi connectivity index (χ0) is 20.8. The number of allylic oxidation sites excluding steroid dienone is 7. The fourth-order valence-corrected chi connectivity index (χ4v) is 3.80. The second kappa shape index (κ2) is 9.57. The number of hydrogen-bond acceptors (Lipinski definition) is 3. The lowest BCUT2D eigenvalue weighted by atomic mass is 9.97. The summed E-state index contributed by atoms with van der Waals surface area (Å²) in [4.78, 5) is 12.8. The number of hydrogen-bond donors (Lipinski definition) is 1. The number of aryl methyl sites for hydroxylation is 1. The van der Waals surface area contributed by atoms with Gasteiger partial charge in [-0.1, -0.05) is 48.6 Å². The first-order valence-corrected chi connectivity index (χ1v) is 10.2. The first-order valence-electron chi connectivity index (χ1n) is 10.2. The summed E-state index contributed by atoms with van der Waals surface area (Å²) in [5.41, 5.74) is 6.18. The van der Waals surface area contributed by atoms with E-state index in [0.717, 1.165) is 47.0 Å². The van der Waals surface area contributed by atoms with E-state index in [1.54, 1.807) is 0 Å². The van der Waals surface area contributed by atoms with Crippen molar-refractivity contribution in [3.8, 4) is 0 Å². The molecule has 0 spiro atoms. The number of esters is 1. The predicted octanol–water partition coefficient (Wildman–Crippen LogP) is 5.31. The molecule has 0 bridgehead atoms. The van der Waals surface area contributed by atoms with E-state index < -0.39 is 0 Å². The van der Waals surface area contributed by atoms with Crippen LogP contribution in [0.3, 0.4) is 0 Å². The standard InChI is InChI=1S/C25H30N2O2/c1-5-29-25(28)24-21-16-20(14-15-22(21)27(4)23(24)17-26-3)19-12-8-6-7-10-18(2)11-9-13-19/h6-8,10,13-16,26H,2,5,9,11-12,17H2,1,3-4H3/b8-6-,10-7-,19-13+. The number of benzene rings is 1. The van der Waals surface area contributed by atoms with E-state index in [2.05, 4.69) is 65.0 Å². The van der Waals surface area contributed by atoms with Crippen LogP contribution in [0.1, 0.15) is 47.8 Å². The maximum absolute atomic E-state index is 12.8. The summed E-state index contributed by atoms with van der Waals surface area (Å²) in [7, 11) is 3.89. The average molecular weight is 391 g/mol. The van der Waals surface area contributed by atoms with Crippen molar-refractivity contribution in [1.29, 1.82) is 0 Å². The third-order valence-corrected chi connectivity index (χ3v) is 5.29. The summed E-state index contributed by atoms with van der Waals surface area (Å²) in [6.45, 7) is 6.90. The lowest BCUT2D eigenvalue weighted by molar-refractivity contribution is 0.0527. The SMILES string of the molecule is C=C1/C=C\C=C/C/C(c2ccc3c(c2)c(C(=O)OCC)c(CNC)n3C)=C\CC1. The highest BCUT2D eigenvalue weighted by Crippen LogP contribution is 2.31. The van der Waals surface area contributed by atoms with E-state index in [4.69, 9.17) is 4.74 Å². The molecule has 3 rings (SSSR count). The number of fused-ring (bicyclic) bond motifs is 1. The van der Waals surface area contributed by atoms with Crippen molar-refractivity contribution in [3.05, 3.63) is 77.6 Å². The van der Waals surface area contributed by atoms with Crippen molar-refractivity contribution in [1.82, 2.24) is 9.88 Å². The molecule has 152 valence electrons. The van der Waals surface area contributed by atoms with Gasteiger partial charge in [0.15, 0.2) is 0 Å². The van der Waals surface area contributed by atoms with E-state index in [9.17, 15) is 4.79 Å². The molecular formula is C25H30N2O2. The Morgan fingerprint density at radius 1 is 1.31 bits per heavy atom. The highest BCUT2D eigenvalue weighted by Gasteiger charge is 2.22. The summed E-state index contributed by atoms with van der Waals surface area (Å²) < 4.78 is 7.46. The minimum atomic E-state index is -0.262. The highest BCUT2D eigenvalue weighted by atomic mass is 16.5. The quantitative estimate of drug-likeness (QED) is 0.704. The number of carbonyl (C=O) groups is 1.